The third-order valence-electron chi connectivity index (χ3n) is 9.04. The Labute approximate surface area is 297 Å². The minimum Gasteiger partial charge on any atom is -0.387 e. The Morgan fingerprint density at radius 3 is 1.33 bits per heavy atom. The molecule has 0 saturated heterocycles. The summed E-state index contributed by atoms with van der Waals surface area (Å²) in [5.74, 6) is -1.00. The van der Waals surface area contributed by atoms with E-state index in [1.54, 1.807) is 6.08 Å². The summed E-state index contributed by atoms with van der Waals surface area (Å²) < 4.78 is 32.3. The van der Waals surface area contributed by atoms with E-state index >= 15 is 0 Å². The monoisotopic (exact) mass is 696 g/mol. The molecule has 0 spiro atoms. The maximum Gasteiger partial charge on any atom is 0.267 e. The average molecular weight is 696 g/mol. The molecule has 0 aliphatic heterocycles. The molecule has 7 heteroatoms. The van der Waals surface area contributed by atoms with Gasteiger partial charge in [-0.15, -0.1) is 0 Å². The van der Waals surface area contributed by atoms with Gasteiger partial charge in [0, 0.05) is 6.42 Å². The number of hydrogen-bond donors (Lipinski definition) is 3. The first-order valence-corrected chi connectivity index (χ1v) is 21.8. The molecule has 2 unspecified atom stereocenters. The second-order valence-corrected chi connectivity index (χ2v) is 15.4. The highest BCUT2D eigenvalue weighted by molar-refractivity contribution is 7.85. The molecule has 48 heavy (non-hydrogen) atoms. The molecule has 282 valence electrons. The Kier molecular flexibility index (Phi) is 34.3. The lowest BCUT2D eigenvalue weighted by Crippen LogP contribution is -2.46. The van der Waals surface area contributed by atoms with Gasteiger partial charge in [0.2, 0.25) is 5.91 Å². The molecule has 0 aromatic heterocycles. The second kappa shape index (κ2) is 35.4. The fourth-order valence-electron chi connectivity index (χ4n) is 5.99. The molecule has 0 saturated carbocycles. The minimum absolute atomic E-state index is 0.288. The second-order valence-electron chi connectivity index (χ2n) is 13.9. The Morgan fingerprint density at radius 2 is 0.896 bits per heavy atom. The maximum absolute atomic E-state index is 12.5. The number of carbonyl (C=O) groups excluding carboxylic acids is 1. The fraction of sp³-hybridized carbons (Fsp3) is 0.829. The van der Waals surface area contributed by atoms with Gasteiger partial charge < -0.3 is 10.4 Å². The number of allylic oxidation sites excluding steroid dienone is 5. The number of unbranched alkanes of at least 4 members (excludes halogenated alkanes) is 24. The van der Waals surface area contributed by atoms with E-state index < -0.39 is 28.0 Å². The lowest BCUT2D eigenvalue weighted by Gasteiger charge is -2.21. The van der Waals surface area contributed by atoms with E-state index in [0.717, 1.165) is 32.1 Å². The predicted molar refractivity (Wildman–Crippen MR) is 207 cm³/mol. The van der Waals surface area contributed by atoms with Crippen LogP contribution in [0.5, 0.6) is 0 Å². The van der Waals surface area contributed by atoms with Crippen LogP contribution in [0.1, 0.15) is 200 Å². The van der Waals surface area contributed by atoms with E-state index in [4.69, 9.17) is 0 Å². The Hall–Kier alpha value is -1.44. The first-order valence-electron chi connectivity index (χ1n) is 20.2. The van der Waals surface area contributed by atoms with Crippen molar-refractivity contribution in [3.63, 3.8) is 0 Å². The van der Waals surface area contributed by atoms with Crippen LogP contribution < -0.4 is 5.32 Å². The molecule has 3 N–H and O–H groups in total. The summed E-state index contributed by atoms with van der Waals surface area (Å²) in [4.78, 5) is 12.5. The summed E-state index contributed by atoms with van der Waals surface area (Å²) in [7, 11) is -4.35. The number of aliphatic hydroxyl groups is 1. The lowest BCUT2D eigenvalue weighted by atomic mass is 10.0. The van der Waals surface area contributed by atoms with Gasteiger partial charge in [0.1, 0.15) is 0 Å². The van der Waals surface area contributed by atoms with Crippen molar-refractivity contribution in [2.75, 3.05) is 5.75 Å². The molecule has 0 radical (unpaired) electrons. The van der Waals surface area contributed by atoms with E-state index in [1.165, 1.54) is 147 Å². The molecule has 0 heterocycles. The van der Waals surface area contributed by atoms with Gasteiger partial charge in [-0.05, 0) is 57.8 Å². The summed E-state index contributed by atoms with van der Waals surface area (Å²) in [6, 6.07) is -1.07. The van der Waals surface area contributed by atoms with Crippen molar-refractivity contribution >= 4 is 16.0 Å². The number of nitrogens with one attached hydrogen (secondary N) is 1. The fourth-order valence-corrected chi connectivity index (χ4v) is 6.72. The normalized spacial score (nSPS) is 13.7. The molecular weight excluding hydrogens is 619 g/mol. The SMILES string of the molecule is CCCCCC/C=C/CC/C=C/C(O)C(CS(=O)(=O)O)NC(=O)CCCCCCCCCCCCC/C=C\CCCCCCCCCC. The van der Waals surface area contributed by atoms with Gasteiger partial charge >= 0.3 is 0 Å². The van der Waals surface area contributed by atoms with E-state index in [0.29, 0.717) is 6.42 Å². The van der Waals surface area contributed by atoms with Gasteiger partial charge in [-0.1, -0.05) is 172 Å². The lowest BCUT2D eigenvalue weighted by molar-refractivity contribution is -0.122. The van der Waals surface area contributed by atoms with Crippen LogP contribution in [0.25, 0.3) is 0 Å². The van der Waals surface area contributed by atoms with Crippen LogP contribution in [0, 0.1) is 0 Å². The van der Waals surface area contributed by atoms with Crippen molar-refractivity contribution in [3.8, 4) is 0 Å². The van der Waals surface area contributed by atoms with Crippen molar-refractivity contribution in [1.29, 1.82) is 0 Å². The number of carbonyl (C=O) groups is 1. The molecular formula is C41H77NO5S. The molecule has 0 aliphatic carbocycles. The number of hydrogen-bond acceptors (Lipinski definition) is 4. The molecule has 0 aromatic rings. The van der Waals surface area contributed by atoms with Crippen LogP contribution in [0.3, 0.4) is 0 Å². The highest BCUT2D eigenvalue weighted by atomic mass is 32.2. The smallest absolute Gasteiger partial charge is 0.267 e. The van der Waals surface area contributed by atoms with Crippen molar-refractivity contribution in [1.82, 2.24) is 5.32 Å². The van der Waals surface area contributed by atoms with Crippen molar-refractivity contribution in [2.24, 2.45) is 0 Å². The molecule has 0 aromatic carbocycles. The zero-order valence-corrected chi connectivity index (χ0v) is 32.2. The van der Waals surface area contributed by atoms with Gasteiger partial charge in [-0.3, -0.25) is 9.35 Å². The molecule has 6 nitrogen and oxygen atoms in total. The van der Waals surface area contributed by atoms with E-state index in [9.17, 15) is 22.9 Å². The molecule has 0 fully saturated rings. The Balaban J connectivity index is 3.82. The summed E-state index contributed by atoms with van der Waals surface area (Å²) >= 11 is 0. The minimum atomic E-state index is -4.35. The highest BCUT2D eigenvalue weighted by Crippen LogP contribution is 2.14. The third kappa shape index (κ3) is 35.9. The van der Waals surface area contributed by atoms with E-state index in [2.05, 4.69) is 43.5 Å². The van der Waals surface area contributed by atoms with Crippen LogP contribution in [-0.2, 0) is 14.9 Å². The van der Waals surface area contributed by atoms with Gasteiger partial charge in [0.15, 0.2) is 0 Å². The predicted octanol–water partition coefficient (Wildman–Crippen LogP) is 11.7. The van der Waals surface area contributed by atoms with Crippen LogP contribution in [0.15, 0.2) is 36.5 Å². The van der Waals surface area contributed by atoms with E-state index in [1.807, 2.05) is 0 Å². The molecule has 1 amide bonds. The Bertz CT molecular complexity index is 899. The summed E-state index contributed by atoms with van der Waals surface area (Å²) in [5, 5.41) is 13.1. The number of rotatable bonds is 36. The van der Waals surface area contributed by atoms with Crippen molar-refractivity contribution < 1.29 is 22.9 Å². The molecule has 2 atom stereocenters. The first kappa shape index (κ1) is 46.6. The molecule has 0 rings (SSSR count). The summed E-state index contributed by atoms with van der Waals surface area (Å²) in [6.07, 6.45) is 45.8. The van der Waals surface area contributed by atoms with Gasteiger partial charge in [0.25, 0.3) is 10.1 Å². The number of aliphatic hydroxyl groups excluding tert-OH is 1. The zero-order chi connectivity index (χ0) is 35.4. The maximum atomic E-state index is 12.5. The van der Waals surface area contributed by atoms with Gasteiger partial charge in [0.05, 0.1) is 17.9 Å². The summed E-state index contributed by atoms with van der Waals surface area (Å²) in [6.45, 7) is 4.48. The van der Waals surface area contributed by atoms with Crippen LogP contribution in [0.4, 0.5) is 0 Å². The summed E-state index contributed by atoms with van der Waals surface area (Å²) in [5.41, 5.74) is 0. The largest absolute Gasteiger partial charge is 0.387 e. The molecule has 0 aliphatic rings. The topological polar surface area (TPSA) is 104 Å². The molecule has 0 bridgehead atoms. The zero-order valence-electron chi connectivity index (χ0n) is 31.4. The van der Waals surface area contributed by atoms with Crippen LogP contribution >= 0.6 is 0 Å². The standard InChI is InChI=1S/C41H77NO5S/c1-3-5-7-9-11-13-15-16-17-18-19-20-21-22-23-24-25-26-27-29-31-33-35-37-41(44)42-39(38-48(45,46)47)40(43)36-34-32-30-28-14-12-10-8-6-4-2/h14,18-19,28,34,36,39-40,43H,3-13,15-17,20-27,29-33,35,37-38H2,1-2H3,(H,42,44)(H,45,46,47)/b19-18-,28-14+,36-34+. The van der Waals surface area contributed by atoms with Crippen LogP contribution in [-0.4, -0.2) is 41.9 Å². The average Bonchev–Trinajstić information content (AvgIpc) is 3.05. The first-order chi connectivity index (χ1) is 23.3. The van der Waals surface area contributed by atoms with Gasteiger partial charge in [-0.25, -0.2) is 0 Å². The third-order valence-corrected chi connectivity index (χ3v) is 9.82. The van der Waals surface area contributed by atoms with E-state index in [-0.39, 0.29) is 12.3 Å². The van der Waals surface area contributed by atoms with Crippen molar-refractivity contribution in [2.45, 2.75) is 212 Å². The van der Waals surface area contributed by atoms with Crippen molar-refractivity contribution in [3.05, 3.63) is 36.5 Å². The highest BCUT2D eigenvalue weighted by Gasteiger charge is 2.24. The van der Waals surface area contributed by atoms with Gasteiger partial charge in [-0.2, -0.15) is 8.42 Å². The number of amides is 1. The Morgan fingerprint density at radius 1 is 0.542 bits per heavy atom. The quantitative estimate of drug-likeness (QED) is 0.0344. The van der Waals surface area contributed by atoms with Crippen LogP contribution in [0.2, 0.25) is 0 Å².